The van der Waals surface area contributed by atoms with Crippen LogP contribution in [0.25, 0.3) is 0 Å². The number of likely N-dealkylation sites (N-methyl/N-ethyl adjacent to an activating group) is 1. The second kappa shape index (κ2) is 4.43. The predicted molar refractivity (Wildman–Crippen MR) is 55.7 cm³/mol. The van der Waals surface area contributed by atoms with Crippen LogP contribution in [0.15, 0.2) is 0 Å². The fourth-order valence-corrected chi connectivity index (χ4v) is 2.89. The molecule has 2 aliphatic carbocycles. The first-order chi connectivity index (χ1) is 6.43. The van der Waals surface area contributed by atoms with Crippen molar-refractivity contribution >= 4 is 0 Å². The van der Waals surface area contributed by atoms with Gasteiger partial charge in [0.2, 0.25) is 0 Å². The molecule has 2 heteroatoms. The Morgan fingerprint density at radius 2 is 1.77 bits per heavy atom. The third kappa shape index (κ3) is 2.23. The quantitative estimate of drug-likeness (QED) is 0.604. The van der Waals surface area contributed by atoms with Crippen LogP contribution in [-0.4, -0.2) is 26.2 Å². The first kappa shape index (κ1) is 9.47. The van der Waals surface area contributed by atoms with Gasteiger partial charge in [0.1, 0.15) is 0 Å². The van der Waals surface area contributed by atoms with Crippen LogP contribution in [0.1, 0.15) is 26.2 Å². The van der Waals surface area contributed by atoms with Gasteiger partial charge in [-0.05, 0) is 43.7 Å². The minimum atomic E-state index is 1.05. The molecule has 2 saturated carbocycles. The Labute approximate surface area is 81.5 Å². The normalized spacial score (nSPS) is 36.2. The lowest BCUT2D eigenvalue weighted by molar-refractivity contribution is 0.525. The van der Waals surface area contributed by atoms with Crippen LogP contribution in [-0.2, 0) is 0 Å². The Morgan fingerprint density at radius 1 is 1.08 bits per heavy atom. The van der Waals surface area contributed by atoms with Crippen LogP contribution in [0.2, 0.25) is 0 Å². The SMILES string of the molecule is CCNCCNCC1C2CCCC21. The Balaban J connectivity index is 1.46. The highest BCUT2D eigenvalue weighted by atomic mass is 14.9. The van der Waals surface area contributed by atoms with Crippen LogP contribution in [0.4, 0.5) is 0 Å². The van der Waals surface area contributed by atoms with Gasteiger partial charge < -0.3 is 10.6 Å². The Bertz CT molecular complexity index is 148. The molecule has 0 aromatic carbocycles. The molecule has 2 aliphatic rings. The van der Waals surface area contributed by atoms with E-state index in [1.54, 1.807) is 0 Å². The summed E-state index contributed by atoms with van der Waals surface area (Å²) in [5, 5.41) is 6.88. The van der Waals surface area contributed by atoms with Gasteiger partial charge >= 0.3 is 0 Å². The van der Waals surface area contributed by atoms with E-state index in [1.165, 1.54) is 25.8 Å². The molecular formula is C11H22N2. The van der Waals surface area contributed by atoms with Crippen LogP contribution in [0, 0.1) is 17.8 Å². The summed E-state index contributed by atoms with van der Waals surface area (Å²) in [4.78, 5) is 0. The molecule has 0 spiro atoms. The zero-order valence-corrected chi connectivity index (χ0v) is 8.68. The summed E-state index contributed by atoms with van der Waals surface area (Å²) < 4.78 is 0. The molecule has 76 valence electrons. The monoisotopic (exact) mass is 182 g/mol. The average Bonchev–Trinajstić information content (AvgIpc) is 2.62. The summed E-state index contributed by atoms with van der Waals surface area (Å²) in [5.74, 6) is 3.29. The highest BCUT2D eigenvalue weighted by Gasteiger charge is 2.51. The van der Waals surface area contributed by atoms with Gasteiger partial charge in [-0.15, -0.1) is 0 Å². The number of hydrogen-bond acceptors (Lipinski definition) is 2. The fraction of sp³-hybridized carbons (Fsp3) is 1.00. The lowest BCUT2D eigenvalue weighted by Gasteiger charge is -2.06. The molecule has 0 amide bonds. The molecule has 2 unspecified atom stereocenters. The standard InChI is InChI=1S/C11H22N2/c1-2-12-6-7-13-8-11-9-4-3-5-10(9)11/h9-13H,2-8H2,1H3. The molecule has 0 heterocycles. The molecular weight excluding hydrogens is 160 g/mol. The van der Waals surface area contributed by atoms with Crippen LogP contribution >= 0.6 is 0 Å². The molecule has 0 radical (unpaired) electrons. The first-order valence-corrected chi connectivity index (χ1v) is 5.85. The maximum absolute atomic E-state index is 3.55. The van der Waals surface area contributed by atoms with Crippen LogP contribution in [0.3, 0.4) is 0 Å². The average molecular weight is 182 g/mol. The van der Waals surface area contributed by atoms with Crippen molar-refractivity contribution < 1.29 is 0 Å². The lowest BCUT2D eigenvalue weighted by atomic mass is 10.1. The van der Waals surface area contributed by atoms with Crippen LogP contribution < -0.4 is 10.6 Å². The third-order valence-corrected chi connectivity index (χ3v) is 3.69. The van der Waals surface area contributed by atoms with E-state index >= 15 is 0 Å². The molecule has 13 heavy (non-hydrogen) atoms. The van der Waals surface area contributed by atoms with Gasteiger partial charge in [0.25, 0.3) is 0 Å². The highest BCUT2D eigenvalue weighted by molar-refractivity contribution is 5.01. The van der Waals surface area contributed by atoms with Gasteiger partial charge in [-0.2, -0.15) is 0 Å². The van der Waals surface area contributed by atoms with Gasteiger partial charge in [-0.3, -0.25) is 0 Å². The van der Waals surface area contributed by atoms with E-state index in [2.05, 4.69) is 17.6 Å². The topological polar surface area (TPSA) is 24.1 Å². The summed E-state index contributed by atoms with van der Waals surface area (Å²) in [6, 6.07) is 0. The van der Waals surface area contributed by atoms with Crippen molar-refractivity contribution in [1.29, 1.82) is 0 Å². The maximum atomic E-state index is 3.55. The van der Waals surface area contributed by atoms with Gasteiger partial charge in [-0.1, -0.05) is 13.3 Å². The molecule has 0 aliphatic heterocycles. The smallest absolute Gasteiger partial charge is 0.00768 e. The van der Waals surface area contributed by atoms with E-state index < -0.39 is 0 Å². The second-order valence-corrected chi connectivity index (χ2v) is 4.48. The second-order valence-electron chi connectivity index (χ2n) is 4.48. The molecule has 2 fully saturated rings. The van der Waals surface area contributed by atoms with E-state index in [9.17, 15) is 0 Å². The van der Waals surface area contributed by atoms with E-state index in [4.69, 9.17) is 0 Å². The summed E-state index contributed by atoms with van der Waals surface area (Å²) in [7, 11) is 0. The molecule has 2 rings (SSSR count). The fourth-order valence-electron chi connectivity index (χ4n) is 2.89. The zero-order valence-electron chi connectivity index (χ0n) is 8.68. The van der Waals surface area contributed by atoms with Crippen molar-refractivity contribution in [3.05, 3.63) is 0 Å². The minimum absolute atomic E-state index is 1.05. The van der Waals surface area contributed by atoms with Crippen molar-refractivity contribution in [2.75, 3.05) is 26.2 Å². The predicted octanol–water partition coefficient (Wildman–Crippen LogP) is 1.23. The number of rotatable bonds is 6. The van der Waals surface area contributed by atoms with Crippen molar-refractivity contribution in [2.24, 2.45) is 17.8 Å². The highest BCUT2D eigenvalue weighted by Crippen LogP contribution is 2.56. The first-order valence-electron chi connectivity index (χ1n) is 5.85. The van der Waals surface area contributed by atoms with E-state index in [0.717, 1.165) is 37.4 Å². The van der Waals surface area contributed by atoms with Crippen molar-refractivity contribution in [3.63, 3.8) is 0 Å². The zero-order chi connectivity index (χ0) is 9.10. The summed E-state index contributed by atoms with van der Waals surface area (Å²) in [6.45, 7) is 6.80. The maximum Gasteiger partial charge on any atom is 0.00768 e. The largest absolute Gasteiger partial charge is 0.316 e. The molecule has 2 N–H and O–H groups in total. The van der Waals surface area contributed by atoms with Crippen molar-refractivity contribution in [3.8, 4) is 0 Å². The Morgan fingerprint density at radius 3 is 2.46 bits per heavy atom. The van der Waals surface area contributed by atoms with Crippen molar-refractivity contribution in [2.45, 2.75) is 26.2 Å². The molecule has 0 aromatic heterocycles. The molecule has 0 bridgehead atoms. The van der Waals surface area contributed by atoms with E-state index in [0.29, 0.717) is 0 Å². The van der Waals surface area contributed by atoms with E-state index in [-0.39, 0.29) is 0 Å². The lowest BCUT2D eigenvalue weighted by Crippen LogP contribution is -2.29. The molecule has 0 aromatic rings. The molecule has 2 atom stereocenters. The van der Waals surface area contributed by atoms with Gasteiger partial charge in [0.15, 0.2) is 0 Å². The van der Waals surface area contributed by atoms with Crippen LogP contribution in [0.5, 0.6) is 0 Å². The number of fused-ring (bicyclic) bond motifs is 1. The summed E-state index contributed by atoms with van der Waals surface area (Å²) in [5.41, 5.74) is 0. The van der Waals surface area contributed by atoms with Crippen molar-refractivity contribution in [1.82, 2.24) is 10.6 Å². The Kier molecular flexibility index (Phi) is 3.23. The van der Waals surface area contributed by atoms with Gasteiger partial charge in [0, 0.05) is 13.1 Å². The number of nitrogens with one attached hydrogen (secondary N) is 2. The molecule has 0 saturated heterocycles. The summed E-state index contributed by atoms with van der Waals surface area (Å²) >= 11 is 0. The van der Waals surface area contributed by atoms with Gasteiger partial charge in [0.05, 0.1) is 0 Å². The Hall–Kier alpha value is -0.0800. The summed E-state index contributed by atoms with van der Waals surface area (Å²) in [6.07, 6.45) is 4.54. The van der Waals surface area contributed by atoms with E-state index in [1.807, 2.05) is 0 Å². The molecule has 2 nitrogen and oxygen atoms in total. The minimum Gasteiger partial charge on any atom is -0.316 e. The number of hydrogen-bond donors (Lipinski definition) is 2. The van der Waals surface area contributed by atoms with Gasteiger partial charge in [-0.25, -0.2) is 0 Å². The third-order valence-electron chi connectivity index (χ3n) is 3.69.